The van der Waals surface area contributed by atoms with Crippen molar-refractivity contribution in [2.45, 2.75) is 32.4 Å². The number of amides is 2. The van der Waals surface area contributed by atoms with Crippen LogP contribution in [0.3, 0.4) is 0 Å². The number of pyridine rings is 1. The van der Waals surface area contributed by atoms with Crippen molar-refractivity contribution < 1.29 is 9.59 Å². The lowest BCUT2D eigenvalue weighted by Crippen LogP contribution is -2.43. The van der Waals surface area contributed by atoms with Crippen LogP contribution in [0.25, 0.3) is 0 Å². The van der Waals surface area contributed by atoms with Crippen LogP contribution in [0.15, 0.2) is 30.5 Å². The monoisotopic (exact) mass is 331 g/mol. The fourth-order valence-electron chi connectivity index (χ4n) is 2.82. The van der Waals surface area contributed by atoms with Crippen molar-refractivity contribution in [1.29, 1.82) is 0 Å². The maximum absolute atomic E-state index is 12.3. The van der Waals surface area contributed by atoms with Crippen LogP contribution >= 0.6 is 0 Å². The van der Waals surface area contributed by atoms with Crippen molar-refractivity contribution in [2.75, 3.05) is 25.4 Å². The minimum Gasteiger partial charge on any atom is -0.384 e. The topological polar surface area (TPSA) is 100 Å². The summed E-state index contributed by atoms with van der Waals surface area (Å²) in [7, 11) is 0. The zero-order valence-electron chi connectivity index (χ0n) is 14.2. The Hall–Kier alpha value is -2.41. The van der Waals surface area contributed by atoms with E-state index in [1.165, 1.54) is 6.20 Å². The van der Waals surface area contributed by atoms with Crippen LogP contribution in [-0.2, 0) is 4.79 Å². The van der Waals surface area contributed by atoms with Crippen molar-refractivity contribution in [3.63, 3.8) is 0 Å². The van der Waals surface area contributed by atoms with E-state index >= 15 is 0 Å². The molecule has 2 rings (SSSR count). The second-order valence-electron chi connectivity index (χ2n) is 5.81. The molecule has 1 aliphatic rings. The molecule has 0 radical (unpaired) electrons. The first kappa shape index (κ1) is 17.9. The molecule has 0 unspecified atom stereocenters. The molecule has 1 aromatic heterocycles. The molecule has 1 aromatic rings. The molecule has 0 aromatic carbocycles. The average Bonchev–Trinajstić information content (AvgIpc) is 2.96. The van der Waals surface area contributed by atoms with Crippen molar-refractivity contribution in [3.8, 4) is 0 Å². The second-order valence-corrected chi connectivity index (χ2v) is 5.81. The lowest BCUT2D eigenvalue weighted by molar-refractivity contribution is -0.125. The molecule has 0 saturated carbocycles. The molecule has 2 atom stereocenters. The van der Waals surface area contributed by atoms with E-state index in [4.69, 9.17) is 5.73 Å². The van der Waals surface area contributed by atoms with Crippen LogP contribution < -0.4 is 16.4 Å². The normalized spacial score (nSPS) is 21.1. The number of allylic oxidation sites excluding steroid dienone is 1. The minimum absolute atomic E-state index is 0.00732. The lowest BCUT2D eigenvalue weighted by atomic mass is 10.1. The quantitative estimate of drug-likeness (QED) is 0.661. The minimum atomic E-state index is -0.226. The van der Waals surface area contributed by atoms with Crippen LogP contribution in [0, 0.1) is 0 Å². The Bertz CT molecular complexity index is 600. The molecule has 1 fully saturated rings. The Morgan fingerprint density at radius 1 is 1.46 bits per heavy atom. The van der Waals surface area contributed by atoms with E-state index in [9.17, 15) is 9.59 Å². The van der Waals surface area contributed by atoms with E-state index in [0.29, 0.717) is 37.4 Å². The van der Waals surface area contributed by atoms with E-state index in [-0.39, 0.29) is 23.9 Å². The summed E-state index contributed by atoms with van der Waals surface area (Å²) >= 11 is 0. The zero-order chi connectivity index (χ0) is 17.5. The van der Waals surface area contributed by atoms with E-state index in [2.05, 4.69) is 20.5 Å². The summed E-state index contributed by atoms with van der Waals surface area (Å²) in [6.45, 7) is 5.77. The summed E-state index contributed by atoms with van der Waals surface area (Å²) in [6, 6.07) is 2.94. The third kappa shape index (κ3) is 4.55. The predicted octanol–water partition coefficient (Wildman–Crippen LogP) is 0.549. The van der Waals surface area contributed by atoms with Gasteiger partial charge in [-0.25, -0.2) is 4.98 Å². The molecule has 24 heavy (non-hydrogen) atoms. The number of nitrogens with one attached hydrogen (secondary N) is 2. The van der Waals surface area contributed by atoms with Gasteiger partial charge in [0.1, 0.15) is 5.82 Å². The number of carbonyl (C=O) groups excluding carboxylic acids is 2. The van der Waals surface area contributed by atoms with Crippen LogP contribution in [0.4, 0.5) is 5.82 Å². The third-order valence-corrected chi connectivity index (χ3v) is 4.02. The molecule has 0 aliphatic carbocycles. The van der Waals surface area contributed by atoms with Gasteiger partial charge in [-0.05, 0) is 32.4 Å². The number of anilines is 1. The number of rotatable bonds is 6. The zero-order valence-corrected chi connectivity index (χ0v) is 14.2. The van der Waals surface area contributed by atoms with Crippen molar-refractivity contribution in [1.82, 2.24) is 20.5 Å². The van der Waals surface area contributed by atoms with Crippen LogP contribution in [0.2, 0.25) is 0 Å². The smallest absolute Gasteiger partial charge is 0.253 e. The first-order valence-electron chi connectivity index (χ1n) is 8.20. The molecule has 2 amide bonds. The molecule has 130 valence electrons. The second kappa shape index (κ2) is 8.44. The maximum Gasteiger partial charge on any atom is 0.253 e. The van der Waals surface area contributed by atoms with Gasteiger partial charge in [0.05, 0.1) is 11.6 Å². The summed E-state index contributed by atoms with van der Waals surface area (Å²) in [5.74, 6) is 0.184. The molecular weight excluding hydrogens is 306 g/mol. The van der Waals surface area contributed by atoms with Gasteiger partial charge in [-0.3, -0.25) is 14.5 Å². The Balaban J connectivity index is 2.01. The van der Waals surface area contributed by atoms with E-state index in [1.54, 1.807) is 12.1 Å². The number of likely N-dealkylation sites (N-methyl/N-ethyl adjacent to an activating group) is 1. The number of aromatic nitrogens is 1. The molecular formula is C17H25N5O2. The van der Waals surface area contributed by atoms with Crippen LogP contribution in [-0.4, -0.2) is 53.4 Å². The van der Waals surface area contributed by atoms with Gasteiger partial charge in [0.25, 0.3) is 5.91 Å². The highest BCUT2D eigenvalue weighted by molar-refractivity contribution is 5.94. The number of nitrogens with zero attached hydrogens (tertiary/aromatic N) is 2. The van der Waals surface area contributed by atoms with Crippen LogP contribution in [0.1, 0.15) is 30.6 Å². The summed E-state index contributed by atoms with van der Waals surface area (Å²) in [4.78, 5) is 30.6. The number of nitrogens with two attached hydrogens (primary N) is 1. The highest BCUT2D eigenvalue weighted by Crippen LogP contribution is 2.18. The van der Waals surface area contributed by atoms with Crippen molar-refractivity contribution >= 4 is 17.6 Å². The summed E-state index contributed by atoms with van der Waals surface area (Å²) in [6.07, 6.45) is 6.02. The molecule has 7 heteroatoms. The summed E-state index contributed by atoms with van der Waals surface area (Å²) in [5.41, 5.74) is 6.00. The Kier molecular flexibility index (Phi) is 6.31. The average molecular weight is 331 g/mol. The van der Waals surface area contributed by atoms with Gasteiger partial charge in [-0.15, -0.1) is 0 Å². The predicted molar refractivity (Wildman–Crippen MR) is 93.4 cm³/mol. The van der Waals surface area contributed by atoms with E-state index in [1.807, 2.05) is 26.0 Å². The number of hydrogen-bond donors (Lipinski definition) is 3. The number of nitrogen functional groups attached to an aromatic ring is 1. The Morgan fingerprint density at radius 3 is 2.88 bits per heavy atom. The van der Waals surface area contributed by atoms with Crippen LogP contribution in [0.5, 0.6) is 0 Å². The molecule has 2 heterocycles. The lowest BCUT2D eigenvalue weighted by Gasteiger charge is -2.21. The first-order chi connectivity index (χ1) is 11.5. The molecule has 7 nitrogen and oxygen atoms in total. The number of hydrogen-bond acceptors (Lipinski definition) is 5. The number of likely N-dealkylation sites (tertiary alicyclic amines) is 1. The molecule has 1 saturated heterocycles. The van der Waals surface area contributed by atoms with Gasteiger partial charge in [0, 0.05) is 31.9 Å². The fraction of sp³-hybridized carbons (Fsp3) is 0.471. The van der Waals surface area contributed by atoms with E-state index in [0.717, 1.165) is 0 Å². The Labute approximate surface area is 142 Å². The third-order valence-electron chi connectivity index (χ3n) is 4.02. The largest absolute Gasteiger partial charge is 0.384 e. The highest BCUT2D eigenvalue weighted by atomic mass is 16.2. The van der Waals surface area contributed by atoms with Gasteiger partial charge < -0.3 is 16.4 Å². The standard InChI is InChI=1S/C17H25N5O2/c1-3-5-8-22-11-13(9-14(22)17(24)19-4-2)21-16(23)12-6-7-15(18)20-10-12/h3,5-7,10,13-14H,4,8-9,11H2,1-2H3,(H2,18,20)(H,19,24)(H,21,23)/b5-3+/t13-,14-/m0/s1. The maximum atomic E-state index is 12.3. The van der Waals surface area contributed by atoms with Gasteiger partial charge in [0.15, 0.2) is 0 Å². The SMILES string of the molecule is C/C=C/CN1C[C@@H](NC(=O)c2ccc(N)nc2)C[C@H]1C(=O)NCC. The Morgan fingerprint density at radius 2 is 2.25 bits per heavy atom. The molecule has 0 bridgehead atoms. The van der Waals surface area contributed by atoms with Gasteiger partial charge >= 0.3 is 0 Å². The van der Waals surface area contributed by atoms with E-state index < -0.39 is 0 Å². The molecule has 0 spiro atoms. The summed E-state index contributed by atoms with van der Waals surface area (Å²) in [5, 5.41) is 5.85. The fourth-order valence-corrected chi connectivity index (χ4v) is 2.82. The van der Waals surface area contributed by atoms with Gasteiger partial charge in [0.2, 0.25) is 5.91 Å². The van der Waals surface area contributed by atoms with Gasteiger partial charge in [-0.2, -0.15) is 0 Å². The molecule has 4 N–H and O–H groups in total. The van der Waals surface area contributed by atoms with Crippen molar-refractivity contribution in [2.24, 2.45) is 0 Å². The van der Waals surface area contributed by atoms with Gasteiger partial charge in [-0.1, -0.05) is 12.2 Å². The number of carbonyl (C=O) groups is 2. The highest BCUT2D eigenvalue weighted by Gasteiger charge is 2.36. The van der Waals surface area contributed by atoms with Crippen molar-refractivity contribution in [3.05, 3.63) is 36.0 Å². The molecule has 1 aliphatic heterocycles. The first-order valence-corrected chi connectivity index (χ1v) is 8.20. The summed E-state index contributed by atoms with van der Waals surface area (Å²) < 4.78 is 0.